The number of hydrogen-bond acceptors (Lipinski definition) is 5. The normalized spacial score (nSPS) is 16.2. The van der Waals surface area contributed by atoms with Crippen LogP contribution in [0.1, 0.15) is 51.3 Å². The van der Waals surface area contributed by atoms with Crippen molar-refractivity contribution in [1.29, 1.82) is 0 Å². The molecule has 3 N–H and O–H groups in total. The van der Waals surface area contributed by atoms with E-state index in [-0.39, 0.29) is 11.8 Å². The lowest BCUT2D eigenvalue weighted by atomic mass is 9.98. The van der Waals surface area contributed by atoms with E-state index in [1.165, 1.54) is 0 Å². The van der Waals surface area contributed by atoms with Gasteiger partial charge in [-0.2, -0.15) is 4.98 Å². The van der Waals surface area contributed by atoms with Gasteiger partial charge in [-0.1, -0.05) is 48.1 Å². The molecule has 3 rings (SSSR count). The van der Waals surface area contributed by atoms with Gasteiger partial charge >= 0.3 is 0 Å². The molecule has 0 unspecified atom stereocenters. The smallest absolute Gasteiger partial charge is 0.260 e. The second-order valence-corrected chi connectivity index (χ2v) is 7.24. The molecule has 134 valence electrons. The number of carbonyl (C=O) groups excluding carboxylic acids is 1. The fourth-order valence-electron chi connectivity index (χ4n) is 3.06. The predicted octanol–water partition coefficient (Wildman–Crippen LogP) is 4.51. The van der Waals surface area contributed by atoms with Crippen LogP contribution < -0.4 is 11.1 Å². The average molecular weight is 383 g/mol. The summed E-state index contributed by atoms with van der Waals surface area (Å²) in [5.74, 6) is 0.573. The molecular formula is C17H20Cl2N4O2. The number of benzene rings is 1. The summed E-state index contributed by atoms with van der Waals surface area (Å²) in [4.78, 5) is 16.5. The third kappa shape index (κ3) is 3.81. The minimum atomic E-state index is -0.560. The van der Waals surface area contributed by atoms with Crippen molar-refractivity contribution in [2.45, 2.75) is 51.0 Å². The molecule has 1 aliphatic rings. The molecule has 1 heterocycles. The second kappa shape index (κ2) is 7.32. The Morgan fingerprint density at radius 3 is 2.76 bits per heavy atom. The lowest BCUT2D eigenvalue weighted by Crippen LogP contribution is -2.34. The molecule has 2 aromatic rings. The van der Waals surface area contributed by atoms with Gasteiger partial charge in [-0.25, -0.2) is 0 Å². The number of carbonyl (C=O) groups is 1. The summed E-state index contributed by atoms with van der Waals surface area (Å²) in [7, 11) is 0. The maximum Gasteiger partial charge on any atom is 0.260 e. The Morgan fingerprint density at radius 2 is 2.08 bits per heavy atom. The molecule has 0 radical (unpaired) electrons. The summed E-state index contributed by atoms with van der Waals surface area (Å²) in [6.07, 6.45) is 4.85. The molecule has 0 spiro atoms. The van der Waals surface area contributed by atoms with E-state index in [0.29, 0.717) is 33.5 Å². The summed E-state index contributed by atoms with van der Waals surface area (Å²) in [6.45, 7) is 1.93. The van der Waals surface area contributed by atoms with Crippen molar-refractivity contribution in [3.05, 3.63) is 28.0 Å². The first-order chi connectivity index (χ1) is 11.9. The zero-order valence-electron chi connectivity index (χ0n) is 13.9. The Hall–Kier alpha value is -1.63. The van der Waals surface area contributed by atoms with Crippen molar-refractivity contribution in [2.75, 3.05) is 5.32 Å². The van der Waals surface area contributed by atoms with Gasteiger partial charge in [0, 0.05) is 11.4 Å². The zero-order chi connectivity index (χ0) is 18.0. The van der Waals surface area contributed by atoms with E-state index in [2.05, 4.69) is 15.5 Å². The van der Waals surface area contributed by atoms with E-state index in [4.69, 9.17) is 33.5 Å². The van der Waals surface area contributed by atoms with Crippen molar-refractivity contribution < 1.29 is 9.32 Å². The molecule has 0 atom stereocenters. The highest BCUT2D eigenvalue weighted by Crippen LogP contribution is 2.39. The van der Waals surface area contributed by atoms with Crippen LogP contribution >= 0.6 is 23.2 Å². The standard InChI is InChI=1S/C17H20Cl2N4O2/c1-2-5-13(24)21-14-11(8-10(18)9-12(14)19)15-22-16(23-25-15)17(20)6-3-4-7-17/h8-9H,2-7,20H2,1H3,(H,21,24). The molecular weight excluding hydrogens is 363 g/mol. The Balaban J connectivity index is 1.99. The Morgan fingerprint density at radius 1 is 1.36 bits per heavy atom. The van der Waals surface area contributed by atoms with Gasteiger partial charge in [-0.3, -0.25) is 4.79 Å². The van der Waals surface area contributed by atoms with Crippen molar-refractivity contribution in [3.63, 3.8) is 0 Å². The summed E-state index contributed by atoms with van der Waals surface area (Å²) < 4.78 is 5.41. The van der Waals surface area contributed by atoms with Gasteiger partial charge in [0.15, 0.2) is 5.82 Å². The Bertz CT molecular complexity index is 785. The SMILES string of the molecule is CCCC(=O)Nc1c(Cl)cc(Cl)cc1-c1nc(C2(N)CCCC2)no1. The van der Waals surface area contributed by atoms with Crippen molar-refractivity contribution in [3.8, 4) is 11.5 Å². The monoisotopic (exact) mass is 382 g/mol. The van der Waals surface area contributed by atoms with E-state index >= 15 is 0 Å². The van der Waals surface area contributed by atoms with Crippen LogP contribution in [0, 0.1) is 0 Å². The van der Waals surface area contributed by atoms with Crippen LogP contribution in [0.4, 0.5) is 5.69 Å². The number of amides is 1. The molecule has 1 aromatic heterocycles. The number of anilines is 1. The first-order valence-electron chi connectivity index (χ1n) is 8.35. The summed E-state index contributed by atoms with van der Waals surface area (Å²) in [6, 6.07) is 3.21. The van der Waals surface area contributed by atoms with Crippen LogP contribution in [0.25, 0.3) is 11.5 Å². The lowest BCUT2D eigenvalue weighted by molar-refractivity contribution is -0.116. The highest BCUT2D eigenvalue weighted by molar-refractivity contribution is 6.37. The minimum Gasteiger partial charge on any atom is -0.334 e. The van der Waals surface area contributed by atoms with E-state index in [1.807, 2.05) is 6.92 Å². The second-order valence-electron chi connectivity index (χ2n) is 6.39. The maximum atomic E-state index is 12.0. The molecule has 0 bridgehead atoms. The van der Waals surface area contributed by atoms with Gasteiger partial charge in [0.2, 0.25) is 5.91 Å². The Kier molecular flexibility index (Phi) is 5.32. The number of rotatable bonds is 5. The van der Waals surface area contributed by atoms with Gasteiger partial charge in [0.05, 0.1) is 21.8 Å². The summed E-state index contributed by atoms with van der Waals surface area (Å²) in [5.41, 5.74) is 6.73. The first kappa shape index (κ1) is 18.2. The maximum absolute atomic E-state index is 12.0. The molecule has 25 heavy (non-hydrogen) atoms. The van der Waals surface area contributed by atoms with Gasteiger partial charge in [-0.05, 0) is 31.4 Å². The average Bonchev–Trinajstić information content (AvgIpc) is 3.20. The van der Waals surface area contributed by atoms with Crippen molar-refractivity contribution >= 4 is 34.8 Å². The van der Waals surface area contributed by atoms with E-state index in [9.17, 15) is 4.79 Å². The third-order valence-electron chi connectivity index (χ3n) is 4.39. The zero-order valence-corrected chi connectivity index (χ0v) is 15.5. The first-order valence-corrected chi connectivity index (χ1v) is 9.11. The summed E-state index contributed by atoms with van der Waals surface area (Å²) >= 11 is 12.4. The van der Waals surface area contributed by atoms with Crippen LogP contribution in [0.15, 0.2) is 16.7 Å². The van der Waals surface area contributed by atoms with Gasteiger partial charge < -0.3 is 15.6 Å². The molecule has 0 saturated heterocycles. The van der Waals surface area contributed by atoms with E-state index < -0.39 is 5.54 Å². The Labute approximate surface area is 156 Å². The highest BCUT2D eigenvalue weighted by Gasteiger charge is 2.36. The minimum absolute atomic E-state index is 0.140. The van der Waals surface area contributed by atoms with E-state index in [1.54, 1.807) is 12.1 Å². The van der Waals surface area contributed by atoms with Gasteiger partial charge in [-0.15, -0.1) is 0 Å². The van der Waals surface area contributed by atoms with Crippen molar-refractivity contribution in [2.24, 2.45) is 5.73 Å². The number of nitrogens with zero attached hydrogens (tertiary/aromatic N) is 2. The third-order valence-corrected chi connectivity index (χ3v) is 4.91. The number of aromatic nitrogens is 2. The molecule has 1 amide bonds. The molecule has 8 heteroatoms. The fraction of sp³-hybridized carbons (Fsp3) is 0.471. The van der Waals surface area contributed by atoms with Gasteiger partial charge in [0.1, 0.15) is 0 Å². The molecule has 6 nitrogen and oxygen atoms in total. The molecule has 1 aromatic carbocycles. The van der Waals surface area contributed by atoms with E-state index in [0.717, 1.165) is 32.1 Å². The van der Waals surface area contributed by atoms with Crippen LogP contribution in [0.3, 0.4) is 0 Å². The van der Waals surface area contributed by atoms with Crippen LogP contribution in [-0.4, -0.2) is 16.0 Å². The van der Waals surface area contributed by atoms with Crippen LogP contribution in [0.5, 0.6) is 0 Å². The molecule has 1 aliphatic carbocycles. The molecule has 1 saturated carbocycles. The largest absolute Gasteiger partial charge is 0.334 e. The predicted molar refractivity (Wildman–Crippen MR) is 97.6 cm³/mol. The summed E-state index contributed by atoms with van der Waals surface area (Å²) in [5, 5.41) is 7.59. The lowest BCUT2D eigenvalue weighted by Gasteiger charge is -2.17. The number of hydrogen-bond donors (Lipinski definition) is 2. The number of nitrogens with two attached hydrogens (primary N) is 1. The highest BCUT2D eigenvalue weighted by atomic mass is 35.5. The van der Waals surface area contributed by atoms with Gasteiger partial charge in [0.25, 0.3) is 5.89 Å². The van der Waals surface area contributed by atoms with Crippen molar-refractivity contribution in [1.82, 2.24) is 10.1 Å². The fourth-order valence-corrected chi connectivity index (χ4v) is 3.60. The number of nitrogens with one attached hydrogen (secondary N) is 1. The van der Waals surface area contributed by atoms with Crippen LogP contribution in [0.2, 0.25) is 10.0 Å². The number of halogens is 2. The topological polar surface area (TPSA) is 94.0 Å². The molecule has 0 aliphatic heterocycles. The quantitative estimate of drug-likeness (QED) is 0.792. The molecule has 1 fully saturated rings. The van der Waals surface area contributed by atoms with Crippen LogP contribution in [-0.2, 0) is 10.3 Å².